The average molecular weight is 542 g/mol. The van der Waals surface area contributed by atoms with Gasteiger partial charge in [-0.15, -0.1) is 11.3 Å². The summed E-state index contributed by atoms with van der Waals surface area (Å²) in [5, 5.41) is 9.83. The molecular formula is C27H28ClN3O5S. The lowest BCUT2D eigenvalue weighted by Gasteiger charge is -2.31. The number of nitrogens with zero attached hydrogens (tertiary/aromatic N) is 1. The molecule has 37 heavy (non-hydrogen) atoms. The molecule has 0 spiro atoms. The Morgan fingerprint density at radius 3 is 2.57 bits per heavy atom. The van der Waals surface area contributed by atoms with E-state index in [4.69, 9.17) is 21.1 Å². The maximum Gasteiger partial charge on any atom is 0.411 e. The number of hydrogen-bond acceptors (Lipinski definition) is 7. The lowest BCUT2D eigenvalue weighted by molar-refractivity contribution is -0.116. The van der Waals surface area contributed by atoms with Crippen LogP contribution in [0.15, 0.2) is 53.2 Å². The molecule has 0 atom stereocenters. The van der Waals surface area contributed by atoms with Crippen LogP contribution in [0.2, 0.25) is 5.02 Å². The van der Waals surface area contributed by atoms with E-state index in [1.165, 1.54) is 30.6 Å². The molecule has 2 N–H and O–H groups in total. The first-order valence-electron chi connectivity index (χ1n) is 11.9. The molecule has 10 heteroatoms. The number of benzene rings is 2. The van der Waals surface area contributed by atoms with Gasteiger partial charge in [-0.1, -0.05) is 41.9 Å². The van der Waals surface area contributed by atoms with Crippen LogP contribution in [0, 0.1) is 0 Å². The van der Waals surface area contributed by atoms with Gasteiger partial charge in [-0.2, -0.15) is 0 Å². The highest BCUT2D eigenvalue weighted by Crippen LogP contribution is 2.32. The summed E-state index contributed by atoms with van der Waals surface area (Å²) in [7, 11) is 1.45. The molecule has 194 valence electrons. The first-order chi connectivity index (χ1) is 18.0. The highest BCUT2D eigenvalue weighted by Gasteiger charge is 2.23. The monoisotopic (exact) mass is 541 g/mol. The molecule has 2 aromatic carbocycles. The molecule has 1 fully saturated rings. The van der Waals surface area contributed by atoms with Crippen LogP contribution < -0.4 is 15.4 Å². The van der Waals surface area contributed by atoms with Crippen molar-refractivity contribution in [1.82, 2.24) is 4.90 Å². The van der Waals surface area contributed by atoms with Crippen molar-refractivity contribution in [2.24, 2.45) is 0 Å². The normalized spacial score (nSPS) is 14.1. The number of aldehydes is 1. The molecule has 0 unspecified atom stereocenters. The van der Waals surface area contributed by atoms with Gasteiger partial charge in [0, 0.05) is 48.4 Å². The second kappa shape index (κ2) is 12.7. The molecule has 2 heterocycles. The van der Waals surface area contributed by atoms with Crippen molar-refractivity contribution in [3.63, 3.8) is 0 Å². The molecule has 1 saturated heterocycles. The number of carbonyl (C=O) groups excluding carboxylic acids is 3. The van der Waals surface area contributed by atoms with E-state index in [9.17, 15) is 14.4 Å². The third kappa shape index (κ3) is 7.09. The van der Waals surface area contributed by atoms with Crippen LogP contribution >= 0.6 is 22.9 Å². The summed E-state index contributed by atoms with van der Waals surface area (Å²) < 4.78 is 10.8. The number of ether oxygens (including phenoxy) is 2. The van der Waals surface area contributed by atoms with Crippen molar-refractivity contribution in [3.8, 4) is 16.9 Å². The molecule has 1 aromatic heterocycles. The van der Waals surface area contributed by atoms with Crippen molar-refractivity contribution < 1.29 is 23.9 Å². The first kappa shape index (κ1) is 26.7. The number of thiophene rings is 1. The van der Waals surface area contributed by atoms with Gasteiger partial charge in [0.25, 0.3) is 0 Å². The third-order valence-corrected chi connectivity index (χ3v) is 7.22. The zero-order chi connectivity index (χ0) is 26.2. The number of nitrogens with one attached hydrogen (secondary N) is 2. The lowest BCUT2D eigenvalue weighted by atomic mass is 10.1. The van der Waals surface area contributed by atoms with Gasteiger partial charge in [0.05, 0.1) is 29.1 Å². The Bertz CT molecular complexity index is 1240. The zero-order valence-corrected chi connectivity index (χ0v) is 21.9. The predicted octanol–water partition coefficient (Wildman–Crippen LogP) is 5.93. The fourth-order valence-corrected chi connectivity index (χ4v) is 5.19. The molecule has 8 nitrogen and oxygen atoms in total. The van der Waals surface area contributed by atoms with Crippen LogP contribution in [0.25, 0.3) is 11.1 Å². The molecule has 1 aliphatic rings. The summed E-state index contributed by atoms with van der Waals surface area (Å²) in [6.45, 7) is 2.02. The smallest absolute Gasteiger partial charge is 0.411 e. The van der Waals surface area contributed by atoms with Crippen LogP contribution in [-0.2, 0) is 9.53 Å². The van der Waals surface area contributed by atoms with Crippen molar-refractivity contribution in [3.05, 3.63) is 63.8 Å². The molecule has 4 rings (SSSR count). The van der Waals surface area contributed by atoms with Crippen LogP contribution in [0.1, 0.15) is 29.6 Å². The molecule has 1 aliphatic heterocycles. The van der Waals surface area contributed by atoms with Gasteiger partial charge < -0.3 is 19.7 Å². The predicted molar refractivity (Wildman–Crippen MR) is 146 cm³/mol. The molecular weight excluding hydrogens is 514 g/mol. The quantitative estimate of drug-likeness (QED) is 0.326. The fraction of sp³-hybridized carbons (Fsp3) is 0.296. The van der Waals surface area contributed by atoms with E-state index < -0.39 is 6.09 Å². The Kier molecular flexibility index (Phi) is 9.16. The molecule has 0 aliphatic carbocycles. The number of methoxy groups -OCH3 is 1. The van der Waals surface area contributed by atoms with Crippen molar-refractivity contribution in [2.75, 3.05) is 37.4 Å². The van der Waals surface area contributed by atoms with Gasteiger partial charge >= 0.3 is 6.09 Å². The lowest BCUT2D eigenvalue weighted by Crippen LogP contribution is -2.39. The number of amides is 2. The van der Waals surface area contributed by atoms with Gasteiger partial charge in [0.1, 0.15) is 11.9 Å². The Hall–Kier alpha value is -3.40. The van der Waals surface area contributed by atoms with Crippen molar-refractivity contribution in [1.29, 1.82) is 0 Å². The van der Waals surface area contributed by atoms with Crippen LogP contribution in [0.4, 0.5) is 16.2 Å². The van der Waals surface area contributed by atoms with E-state index in [0.29, 0.717) is 42.7 Å². The van der Waals surface area contributed by atoms with Gasteiger partial charge in [-0.3, -0.25) is 14.9 Å². The summed E-state index contributed by atoms with van der Waals surface area (Å²) in [5.74, 6) is 0.154. The summed E-state index contributed by atoms with van der Waals surface area (Å²) >= 11 is 7.71. The topological polar surface area (TPSA) is 97.0 Å². The second-order valence-electron chi connectivity index (χ2n) is 8.63. The average Bonchev–Trinajstić information content (AvgIpc) is 3.37. The van der Waals surface area contributed by atoms with Crippen molar-refractivity contribution >= 4 is 52.6 Å². The number of piperidine rings is 1. The number of carbonyl (C=O) groups is 3. The first-order valence-corrected chi connectivity index (χ1v) is 13.2. The van der Waals surface area contributed by atoms with Gasteiger partial charge in [-0.25, -0.2) is 4.79 Å². The van der Waals surface area contributed by atoms with E-state index in [-0.39, 0.29) is 23.5 Å². The van der Waals surface area contributed by atoms with Crippen molar-refractivity contribution in [2.45, 2.75) is 25.4 Å². The summed E-state index contributed by atoms with van der Waals surface area (Å²) in [5.41, 5.74) is 3.46. The maximum absolute atomic E-state index is 12.5. The van der Waals surface area contributed by atoms with E-state index >= 15 is 0 Å². The Morgan fingerprint density at radius 1 is 1.11 bits per heavy atom. The van der Waals surface area contributed by atoms with E-state index in [1.54, 1.807) is 0 Å². The molecule has 0 bridgehead atoms. The Balaban J connectivity index is 1.20. The molecule has 0 saturated carbocycles. The van der Waals surface area contributed by atoms with Gasteiger partial charge in [-0.05, 0) is 24.5 Å². The van der Waals surface area contributed by atoms with Crippen LogP contribution in [-0.4, -0.2) is 56.0 Å². The Labute approximate surface area is 224 Å². The zero-order valence-electron chi connectivity index (χ0n) is 20.4. The minimum Gasteiger partial charge on any atom is -0.496 e. The number of halogens is 1. The summed E-state index contributed by atoms with van der Waals surface area (Å²) in [4.78, 5) is 38.3. The number of anilines is 2. The number of likely N-dealkylation sites (tertiary alicyclic amines) is 1. The summed E-state index contributed by atoms with van der Waals surface area (Å²) in [6, 6.07) is 12.9. The van der Waals surface area contributed by atoms with E-state index in [0.717, 1.165) is 29.9 Å². The third-order valence-electron chi connectivity index (χ3n) is 6.17. The minimum absolute atomic E-state index is 0.175. The van der Waals surface area contributed by atoms with Crippen LogP contribution in [0.5, 0.6) is 5.75 Å². The SMILES string of the molecule is COc1cc(NC(=O)CCN2CCC(OC(=O)Nc3cscc3-c3ccccc3)CC2)c(Cl)cc1C=O. The molecule has 3 aromatic rings. The number of rotatable bonds is 9. The maximum atomic E-state index is 12.5. The summed E-state index contributed by atoms with van der Waals surface area (Å²) in [6.07, 6.45) is 1.69. The molecule has 2 amide bonds. The van der Waals surface area contributed by atoms with E-state index in [2.05, 4.69) is 15.5 Å². The second-order valence-corrected chi connectivity index (χ2v) is 9.78. The molecule has 0 radical (unpaired) electrons. The van der Waals surface area contributed by atoms with Gasteiger partial charge in [0.15, 0.2) is 6.29 Å². The highest BCUT2D eigenvalue weighted by atomic mass is 35.5. The van der Waals surface area contributed by atoms with Crippen LogP contribution in [0.3, 0.4) is 0 Å². The number of hydrogen-bond donors (Lipinski definition) is 2. The standard InChI is InChI=1S/C27H28ClN3O5S/c1-35-25-14-23(22(28)13-19(25)15-32)29-26(33)9-12-31-10-7-20(8-11-31)36-27(34)30-24-17-37-16-21(24)18-5-3-2-4-6-18/h2-6,13-17,20H,7-12H2,1H3,(H,29,33)(H,30,34). The Morgan fingerprint density at radius 2 is 1.86 bits per heavy atom. The van der Waals surface area contributed by atoms with Gasteiger partial charge in [0.2, 0.25) is 5.91 Å². The fourth-order valence-electron chi connectivity index (χ4n) is 4.18. The largest absolute Gasteiger partial charge is 0.496 e. The minimum atomic E-state index is -0.457. The van der Waals surface area contributed by atoms with E-state index in [1.807, 2.05) is 41.1 Å². The highest BCUT2D eigenvalue weighted by molar-refractivity contribution is 7.08.